The molecule has 0 radical (unpaired) electrons. The van der Waals surface area contributed by atoms with E-state index in [4.69, 9.17) is 20.6 Å². The molecule has 104 valence electrons. The summed E-state index contributed by atoms with van der Waals surface area (Å²) in [6.45, 7) is 1.99. The minimum atomic E-state index is 0.0187. The van der Waals surface area contributed by atoms with Gasteiger partial charge in [-0.25, -0.2) is 0 Å². The average Bonchev–Trinajstić information content (AvgIpc) is 2.42. The fourth-order valence-corrected chi connectivity index (χ4v) is 2.19. The number of halogens is 1. The van der Waals surface area contributed by atoms with Crippen LogP contribution in [-0.4, -0.2) is 12.9 Å². The Morgan fingerprint density at radius 1 is 1.10 bits per heavy atom. The number of nitrogens with two attached hydrogens (primary N) is 1. The van der Waals surface area contributed by atoms with Crippen molar-refractivity contribution in [2.24, 2.45) is 5.73 Å². The first-order valence-electron chi connectivity index (χ1n) is 5.97. The molecule has 0 unspecified atom stereocenters. The maximum atomic E-state index is 7.41. The van der Waals surface area contributed by atoms with E-state index < -0.39 is 0 Å². The Hall–Kier alpha value is -2.01. The highest BCUT2D eigenvalue weighted by Crippen LogP contribution is 2.35. The summed E-state index contributed by atoms with van der Waals surface area (Å²) in [7, 11) is 1.61. The molecular formula is C15H15BrN2O2. The SMILES string of the molecule is COc1cc(C)ccc1Oc1ccc(C(=N)N)cc1Br. The number of ether oxygens (including phenoxy) is 2. The van der Waals surface area contributed by atoms with Gasteiger partial charge in [0.15, 0.2) is 11.5 Å². The maximum Gasteiger partial charge on any atom is 0.169 e. The van der Waals surface area contributed by atoms with Crippen molar-refractivity contribution in [2.75, 3.05) is 7.11 Å². The standard InChI is InChI=1S/C15H15BrN2O2/c1-9-3-5-13(14(7-9)19-2)20-12-6-4-10(15(17)18)8-11(12)16/h3-8H,1-2H3,(H3,17,18). The van der Waals surface area contributed by atoms with Crippen molar-refractivity contribution in [1.29, 1.82) is 5.41 Å². The van der Waals surface area contributed by atoms with Crippen LogP contribution in [0.15, 0.2) is 40.9 Å². The van der Waals surface area contributed by atoms with Crippen LogP contribution in [0.1, 0.15) is 11.1 Å². The summed E-state index contributed by atoms with van der Waals surface area (Å²) in [4.78, 5) is 0. The molecule has 0 saturated heterocycles. The molecule has 0 saturated carbocycles. The third-order valence-electron chi connectivity index (χ3n) is 2.78. The van der Waals surface area contributed by atoms with Gasteiger partial charge in [0.2, 0.25) is 0 Å². The molecule has 0 fully saturated rings. The number of hydrogen-bond donors (Lipinski definition) is 2. The van der Waals surface area contributed by atoms with Crippen molar-refractivity contribution in [2.45, 2.75) is 6.92 Å². The van der Waals surface area contributed by atoms with Crippen LogP contribution in [0.5, 0.6) is 17.2 Å². The molecule has 0 aromatic heterocycles. The number of rotatable bonds is 4. The van der Waals surface area contributed by atoms with Crippen LogP contribution in [0, 0.1) is 12.3 Å². The molecule has 2 aromatic rings. The highest BCUT2D eigenvalue weighted by molar-refractivity contribution is 9.10. The summed E-state index contributed by atoms with van der Waals surface area (Å²) in [5, 5.41) is 7.41. The second-order valence-corrected chi connectivity index (χ2v) is 5.17. The molecule has 0 amide bonds. The summed E-state index contributed by atoms with van der Waals surface area (Å²) in [5.41, 5.74) is 7.19. The number of methoxy groups -OCH3 is 1. The van der Waals surface area contributed by atoms with Crippen LogP contribution in [0.4, 0.5) is 0 Å². The van der Waals surface area contributed by atoms with Gasteiger partial charge in [0.25, 0.3) is 0 Å². The van der Waals surface area contributed by atoms with Crippen LogP contribution >= 0.6 is 15.9 Å². The molecule has 5 heteroatoms. The first-order chi connectivity index (χ1) is 9.51. The van der Waals surface area contributed by atoms with Gasteiger partial charge in [-0.1, -0.05) is 6.07 Å². The zero-order valence-corrected chi connectivity index (χ0v) is 12.8. The Bertz CT molecular complexity index is 656. The first kappa shape index (κ1) is 14.4. The Morgan fingerprint density at radius 3 is 2.40 bits per heavy atom. The molecule has 20 heavy (non-hydrogen) atoms. The number of nitrogen functional groups attached to an aromatic ring is 1. The third kappa shape index (κ3) is 3.11. The van der Waals surface area contributed by atoms with Crippen molar-refractivity contribution in [3.8, 4) is 17.2 Å². The lowest BCUT2D eigenvalue weighted by Crippen LogP contribution is -2.10. The zero-order valence-electron chi connectivity index (χ0n) is 11.2. The minimum Gasteiger partial charge on any atom is -0.493 e. The zero-order chi connectivity index (χ0) is 14.7. The van der Waals surface area contributed by atoms with Gasteiger partial charge in [-0.3, -0.25) is 5.41 Å². The topological polar surface area (TPSA) is 68.3 Å². The lowest BCUT2D eigenvalue weighted by molar-refractivity contribution is 0.378. The number of aryl methyl sites for hydroxylation is 1. The molecule has 4 nitrogen and oxygen atoms in total. The molecule has 0 aliphatic heterocycles. The monoisotopic (exact) mass is 334 g/mol. The van der Waals surface area contributed by atoms with Gasteiger partial charge in [0.1, 0.15) is 11.6 Å². The highest BCUT2D eigenvalue weighted by Gasteiger charge is 2.09. The Labute approximate surface area is 126 Å². The van der Waals surface area contributed by atoms with Crippen molar-refractivity contribution in [3.63, 3.8) is 0 Å². The largest absolute Gasteiger partial charge is 0.493 e. The predicted molar refractivity (Wildman–Crippen MR) is 83.0 cm³/mol. The van der Waals surface area contributed by atoms with E-state index in [1.54, 1.807) is 25.3 Å². The van der Waals surface area contributed by atoms with E-state index in [1.807, 2.05) is 25.1 Å². The predicted octanol–water partition coefficient (Wildman–Crippen LogP) is 3.84. The van der Waals surface area contributed by atoms with E-state index in [-0.39, 0.29) is 5.84 Å². The van der Waals surface area contributed by atoms with Crippen LogP contribution < -0.4 is 15.2 Å². The second kappa shape index (κ2) is 5.96. The van der Waals surface area contributed by atoms with Gasteiger partial charge >= 0.3 is 0 Å². The van der Waals surface area contributed by atoms with Gasteiger partial charge in [-0.05, 0) is 58.7 Å². The molecule has 3 N–H and O–H groups in total. The molecule has 0 spiro atoms. The van der Waals surface area contributed by atoms with Crippen molar-refractivity contribution in [3.05, 3.63) is 52.0 Å². The van der Waals surface area contributed by atoms with Crippen molar-refractivity contribution >= 4 is 21.8 Å². The van der Waals surface area contributed by atoms with Crippen LogP contribution in [0.2, 0.25) is 0 Å². The van der Waals surface area contributed by atoms with E-state index in [1.165, 1.54) is 0 Å². The van der Waals surface area contributed by atoms with Gasteiger partial charge in [0, 0.05) is 5.56 Å². The van der Waals surface area contributed by atoms with E-state index in [2.05, 4.69) is 15.9 Å². The van der Waals surface area contributed by atoms with E-state index in [0.29, 0.717) is 22.8 Å². The number of hydrogen-bond acceptors (Lipinski definition) is 3. The van der Waals surface area contributed by atoms with Crippen molar-refractivity contribution in [1.82, 2.24) is 0 Å². The van der Waals surface area contributed by atoms with E-state index >= 15 is 0 Å². The Morgan fingerprint density at radius 2 is 1.80 bits per heavy atom. The van der Waals surface area contributed by atoms with Crippen molar-refractivity contribution < 1.29 is 9.47 Å². The molecule has 2 aromatic carbocycles. The Balaban J connectivity index is 2.33. The number of amidine groups is 1. The molecule has 0 heterocycles. The summed E-state index contributed by atoms with van der Waals surface area (Å²) in [6.07, 6.45) is 0. The maximum absolute atomic E-state index is 7.41. The van der Waals surface area contributed by atoms with Gasteiger partial charge in [-0.2, -0.15) is 0 Å². The number of benzene rings is 2. The minimum absolute atomic E-state index is 0.0187. The quantitative estimate of drug-likeness (QED) is 0.659. The van der Waals surface area contributed by atoms with E-state index in [9.17, 15) is 0 Å². The summed E-state index contributed by atoms with van der Waals surface area (Å²) >= 11 is 3.42. The molecule has 0 atom stereocenters. The highest BCUT2D eigenvalue weighted by atomic mass is 79.9. The lowest BCUT2D eigenvalue weighted by atomic mass is 10.2. The van der Waals surface area contributed by atoms with Gasteiger partial charge in [0.05, 0.1) is 11.6 Å². The smallest absolute Gasteiger partial charge is 0.169 e. The van der Waals surface area contributed by atoms with Crippen LogP contribution in [0.25, 0.3) is 0 Å². The molecule has 2 rings (SSSR count). The van der Waals surface area contributed by atoms with Gasteiger partial charge < -0.3 is 15.2 Å². The third-order valence-corrected chi connectivity index (χ3v) is 3.40. The lowest BCUT2D eigenvalue weighted by Gasteiger charge is -2.12. The molecule has 0 aliphatic rings. The molecule has 0 bridgehead atoms. The van der Waals surface area contributed by atoms with Crippen LogP contribution in [0.3, 0.4) is 0 Å². The summed E-state index contributed by atoms with van der Waals surface area (Å²) in [5.74, 6) is 1.96. The summed E-state index contributed by atoms with van der Waals surface area (Å²) < 4.78 is 11.9. The molecular weight excluding hydrogens is 320 g/mol. The summed E-state index contributed by atoms with van der Waals surface area (Å²) in [6, 6.07) is 11.0. The van der Waals surface area contributed by atoms with Crippen LogP contribution in [-0.2, 0) is 0 Å². The fraction of sp³-hybridized carbons (Fsp3) is 0.133. The first-order valence-corrected chi connectivity index (χ1v) is 6.77. The average molecular weight is 335 g/mol. The van der Waals surface area contributed by atoms with E-state index in [0.717, 1.165) is 10.0 Å². The fourth-order valence-electron chi connectivity index (χ4n) is 1.73. The molecule has 0 aliphatic carbocycles. The second-order valence-electron chi connectivity index (χ2n) is 4.32. The van der Waals surface area contributed by atoms with Gasteiger partial charge in [-0.15, -0.1) is 0 Å². The Kier molecular flexibility index (Phi) is 4.29. The normalized spacial score (nSPS) is 10.2. The number of nitrogens with one attached hydrogen (secondary N) is 1.